The monoisotopic (exact) mass is 84.0 g/mol. The summed E-state index contributed by atoms with van der Waals surface area (Å²) in [6, 6.07) is 0. The molecular formula is C4H6NO. The van der Waals surface area contributed by atoms with Gasteiger partial charge in [-0.3, -0.25) is 0 Å². The highest BCUT2D eigenvalue weighted by molar-refractivity contribution is 5.56. The highest BCUT2D eigenvalue weighted by atomic mass is 16.6. The number of hydrogen-bond donors (Lipinski definition) is 0. The Labute approximate surface area is 36.8 Å². The summed E-state index contributed by atoms with van der Waals surface area (Å²) in [5.74, 6) is 0. The fourth-order valence-corrected chi connectivity index (χ4v) is 0.353. The maximum Gasteiger partial charge on any atom is 0.117 e. The molecule has 0 aromatic heterocycles. The van der Waals surface area contributed by atoms with Crippen LogP contribution in [0.2, 0.25) is 0 Å². The summed E-state index contributed by atoms with van der Waals surface area (Å²) in [4.78, 5) is 4.58. The van der Waals surface area contributed by atoms with Crippen LogP contribution in [0.25, 0.3) is 0 Å². The average molecular weight is 84.1 g/mol. The predicted molar refractivity (Wildman–Crippen MR) is 22.6 cm³/mol. The van der Waals surface area contributed by atoms with Crippen LogP contribution in [0, 0.1) is 0 Å². The molecule has 2 heteroatoms. The van der Waals surface area contributed by atoms with Crippen molar-refractivity contribution in [1.82, 2.24) is 0 Å². The van der Waals surface area contributed by atoms with E-state index >= 15 is 0 Å². The molecule has 0 bridgehead atoms. The second-order valence-electron chi connectivity index (χ2n) is 1.19. The Kier molecular flexibility index (Phi) is 1.10. The summed E-state index contributed by atoms with van der Waals surface area (Å²) in [7, 11) is 0. The van der Waals surface area contributed by atoms with Gasteiger partial charge in [-0.05, 0) is 12.8 Å². The molecule has 0 fully saturated rings. The summed E-state index contributed by atoms with van der Waals surface area (Å²) in [5.41, 5.74) is 0. The van der Waals surface area contributed by atoms with Gasteiger partial charge in [-0.25, -0.2) is 0 Å². The summed E-state index contributed by atoms with van der Waals surface area (Å²) in [5, 5.41) is 3.43. The van der Waals surface area contributed by atoms with E-state index in [1.807, 2.05) is 0 Å². The number of nitrogens with zero attached hydrogens (tertiary/aromatic N) is 1. The molecule has 1 heterocycles. The van der Waals surface area contributed by atoms with Crippen LogP contribution in [-0.4, -0.2) is 12.8 Å². The minimum atomic E-state index is 0.771. The van der Waals surface area contributed by atoms with E-state index in [2.05, 4.69) is 16.2 Å². The summed E-state index contributed by atoms with van der Waals surface area (Å²) in [6.07, 6.45) is 4.72. The lowest BCUT2D eigenvalue weighted by Gasteiger charge is -1.98. The van der Waals surface area contributed by atoms with Gasteiger partial charge in [-0.2, -0.15) is 0 Å². The molecule has 1 aliphatic heterocycles. The lowest BCUT2D eigenvalue weighted by molar-refractivity contribution is 0.134. The van der Waals surface area contributed by atoms with Gasteiger partial charge in [0.25, 0.3) is 0 Å². The molecule has 0 N–H and O–H groups in total. The van der Waals surface area contributed by atoms with Crippen LogP contribution in [0.15, 0.2) is 5.16 Å². The highest BCUT2D eigenvalue weighted by Gasteiger charge is 1.89. The molecule has 33 valence electrons. The second kappa shape index (κ2) is 1.80. The van der Waals surface area contributed by atoms with E-state index in [1.54, 1.807) is 0 Å². The molecule has 0 amide bonds. The van der Waals surface area contributed by atoms with Gasteiger partial charge in [0, 0.05) is 0 Å². The van der Waals surface area contributed by atoms with Gasteiger partial charge in [0.05, 0.1) is 0 Å². The van der Waals surface area contributed by atoms with Gasteiger partial charge in [-0.1, -0.05) is 5.16 Å². The normalized spacial score (nSPS) is 20.0. The van der Waals surface area contributed by atoms with Gasteiger partial charge < -0.3 is 4.84 Å². The molecular weight excluding hydrogens is 78.0 g/mol. The first-order valence-electron chi connectivity index (χ1n) is 2.05. The maximum atomic E-state index is 4.58. The SMILES string of the molecule is [C]1=NOCCC1. The fourth-order valence-electron chi connectivity index (χ4n) is 0.353. The molecule has 0 saturated carbocycles. The van der Waals surface area contributed by atoms with Crippen molar-refractivity contribution in [3.05, 3.63) is 0 Å². The smallest absolute Gasteiger partial charge is 0.117 e. The number of rotatable bonds is 0. The predicted octanol–water partition coefficient (Wildman–Crippen LogP) is 0.660. The van der Waals surface area contributed by atoms with Crippen molar-refractivity contribution in [2.75, 3.05) is 6.61 Å². The summed E-state index contributed by atoms with van der Waals surface area (Å²) < 4.78 is 0. The first-order valence-corrected chi connectivity index (χ1v) is 2.05. The van der Waals surface area contributed by atoms with Crippen LogP contribution < -0.4 is 0 Å². The van der Waals surface area contributed by atoms with Crippen molar-refractivity contribution in [2.24, 2.45) is 5.16 Å². The third-order valence-corrected chi connectivity index (χ3v) is 0.653. The van der Waals surface area contributed by atoms with Crippen LogP contribution in [0.1, 0.15) is 12.8 Å². The van der Waals surface area contributed by atoms with E-state index < -0.39 is 0 Å². The lowest BCUT2D eigenvalue weighted by Crippen LogP contribution is -1.94. The molecule has 0 aromatic carbocycles. The van der Waals surface area contributed by atoms with Gasteiger partial charge in [-0.15, -0.1) is 0 Å². The van der Waals surface area contributed by atoms with Crippen molar-refractivity contribution in [3.8, 4) is 0 Å². The zero-order chi connectivity index (χ0) is 4.24. The Bertz CT molecular complexity index is 52.6. The Hall–Kier alpha value is -0.530. The topological polar surface area (TPSA) is 21.6 Å². The third kappa shape index (κ3) is 0.708. The molecule has 0 aromatic rings. The maximum absolute atomic E-state index is 4.58. The van der Waals surface area contributed by atoms with E-state index in [1.165, 1.54) is 0 Å². The standard InChI is InChI=1S/C4H6NO/c1-2-4-6-5-3-1/h1-2,4H2. The molecule has 1 aliphatic rings. The van der Waals surface area contributed by atoms with Gasteiger partial charge in [0.15, 0.2) is 0 Å². The largest absolute Gasteiger partial charge is 0.396 e. The molecule has 0 atom stereocenters. The van der Waals surface area contributed by atoms with Crippen molar-refractivity contribution < 1.29 is 4.84 Å². The molecule has 6 heavy (non-hydrogen) atoms. The molecule has 2 nitrogen and oxygen atoms in total. The minimum Gasteiger partial charge on any atom is -0.396 e. The molecule has 0 aliphatic carbocycles. The van der Waals surface area contributed by atoms with Crippen molar-refractivity contribution in [2.45, 2.75) is 12.8 Å². The van der Waals surface area contributed by atoms with E-state index in [4.69, 9.17) is 0 Å². The van der Waals surface area contributed by atoms with Crippen molar-refractivity contribution in [3.63, 3.8) is 0 Å². The van der Waals surface area contributed by atoms with Crippen LogP contribution in [-0.2, 0) is 4.84 Å². The molecule has 0 spiro atoms. The van der Waals surface area contributed by atoms with Crippen LogP contribution in [0.4, 0.5) is 0 Å². The summed E-state index contributed by atoms with van der Waals surface area (Å²) in [6.45, 7) is 0.771. The van der Waals surface area contributed by atoms with Gasteiger partial charge in [0.1, 0.15) is 12.8 Å². The quantitative estimate of drug-likeness (QED) is 0.422. The van der Waals surface area contributed by atoms with E-state index in [9.17, 15) is 0 Å². The van der Waals surface area contributed by atoms with Crippen molar-refractivity contribution in [1.29, 1.82) is 0 Å². The van der Waals surface area contributed by atoms with Crippen LogP contribution >= 0.6 is 0 Å². The molecule has 0 unspecified atom stereocenters. The first kappa shape index (κ1) is 3.65. The second-order valence-corrected chi connectivity index (χ2v) is 1.19. The Morgan fingerprint density at radius 3 is 2.83 bits per heavy atom. The third-order valence-electron chi connectivity index (χ3n) is 0.653. The van der Waals surface area contributed by atoms with E-state index in [0.29, 0.717) is 0 Å². The average Bonchev–Trinajstić information content (AvgIpc) is 1.72. The van der Waals surface area contributed by atoms with E-state index in [0.717, 1.165) is 19.4 Å². The Morgan fingerprint density at radius 1 is 1.67 bits per heavy atom. The zero-order valence-electron chi connectivity index (χ0n) is 3.48. The zero-order valence-corrected chi connectivity index (χ0v) is 3.48. The van der Waals surface area contributed by atoms with Crippen LogP contribution in [0.5, 0.6) is 0 Å². The van der Waals surface area contributed by atoms with Gasteiger partial charge >= 0.3 is 0 Å². The molecule has 1 rings (SSSR count). The Morgan fingerprint density at radius 2 is 2.67 bits per heavy atom. The first-order chi connectivity index (χ1) is 3.00. The number of hydrogen-bond acceptors (Lipinski definition) is 2. The van der Waals surface area contributed by atoms with Crippen LogP contribution in [0.3, 0.4) is 0 Å². The van der Waals surface area contributed by atoms with Crippen molar-refractivity contribution >= 4 is 6.21 Å². The van der Waals surface area contributed by atoms with Gasteiger partial charge in [0.2, 0.25) is 0 Å². The van der Waals surface area contributed by atoms with E-state index in [-0.39, 0.29) is 0 Å². The lowest BCUT2D eigenvalue weighted by atomic mass is 10.3. The Balaban J connectivity index is 2.26. The summed E-state index contributed by atoms with van der Waals surface area (Å²) >= 11 is 0. The molecule has 1 radical (unpaired) electrons. The highest BCUT2D eigenvalue weighted by Crippen LogP contribution is 1.92. The fraction of sp³-hybridized carbons (Fsp3) is 0.750. The minimum absolute atomic E-state index is 0.771. The molecule has 0 saturated heterocycles.